The number of hydrogen-bond donors (Lipinski definition) is 0. The first-order chi connectivity index (χ1) is 12.0. The minimum absolute atomic E-state index is 0.0521. The van der Waals surface area contributed by atoms with Crippen molar-refractivity contribution in [3.05, 3.63) is 35.9 Å². The first kappa shape index (κ1) is 16.5. The van der Waals surface area contributed by atoms with Crippen LogP contribution in [0.5, 0.6) is 5.75 Å². The third-order valence-electron chi connectivity index (χ3n) is 5.20. The predicted molar refractivity (Wildman–Crippen MR) is 91.9 cm³/mol. The Bertz CT molecular complexity index is 893. The van der Waals surface area contributed by atoms with E-state index in [1.54, 1.807) is 35.7 Å². The fourth-order valence-corrected chi connectivity index (χ4v) is 5.89. The van der Waals surface area contributed by atoms with Crippen molar-refractivity contribution in [2.24, 2.45) is 0 Å². The van der Waals surface area contributed by atoms with Crippen LogP contribution in [-0.2, 0) is 29.4 Å². The molecule has 2 aliphatic rings. The molecule has 0 aliphatic carbocycles. The molecule has 2 atom stereocenters. The van der Waals surface area contributed by atoms with Crippen LogP contribution < -0.4 is 4.74 Å². The maximum absolute atomic E-state index is 13.3. The Morgan fingerprint density at radius 1 is 1.24 bits per heavy atom. The summed E-state index contributed by atoms with van der Waals surface area (Å²) in [6, 6.07) is 6.59. The van der Waals surface area contributed by atoms with Crippen LogP contribution >= 0.6 is 0 Å². The smallest absolute Gasteiger partial charge is 0.243 e. The van der Waals surface area contributed by atoms with Crippen molar-refractivity contribution in [3.8, 4) is 5.75 Å². The van der Waals surface area contributed by atoms with Gasteiger partial charge >= 0.3 is 0 Å². The fraction of sp³-hybridized carbons (Fsp3) is 0.529. The van der Waals surface area contributed by atoms with E-state index in [1.807, 2.05) is 6.92 Å². The van der Waals surface area contributed by atoms with E-state index in [0.717, 1.165) is 30.9 Å². The summed E-state index contributed by atoms with van der Waals surface area (Å²) in [6.07, 6.45) is 3.15. The van der Waals surface area contributed by atoms with Crippen molar-refractivity contribution in [2.75, 3.05) is 7.11 Å². The number of methoxy groups -OCH3 is 1. The maximum Gasteiger partial charge on any atom is 0.243 e. The largest absolute Gasteiger partial charge is 0.497 e. The quantitative estimate of drug-likeness (QED) is 0.826. The average molecular weight is 362 g/mol. The molecule has 134 valence electrons. The molecule has 25 heavy (non-hydrogen) atoms. The predicted octanol–water partition coefficient (Wildman–Crippen LogP) is 1.63. The lowest BCUT2D eigenvalue weighted by Crippen LogP contribution is -2.42. The Morgan fingerprint density at radius 2 is 2.04 bits per heavy atom. The van der Waals surface area contributed by atoms with Crippen LogP contribution in [0.4, 0.5) is 0 Å². The summed E-state index contributed by atoms with van der Waals surface area (Å²) in [7, 11) is -2.04. The highest BCUT2D eigenvalue weighted by atomic mass is 32.2. The number of sulfonamides is 1. The molecule has 0 saturated carbocycles. The van der Waals surface area contributed by atoms with Gasteiger partial charge in [-0.15, -0.1) is 10.2 Å². The van der Waals surface area contributed by atoms with Crippen molar-refractivity contribution >= 4 is 10.0 Å². The number of rotatable bonds is 4. The van der Waals surface area contributed by atoms with Crippen molar-refractivity contribution in [3.63, 3.8) is 0 Å². The number of ether oxygens (including phenoxy) is 1. The van der Waals surface area contributed by atoms with Crippen LogP contribution in [0.15, 0.2) is 29.2 Å². The average Bonchev–Trinajstić information content (AvgIpc) is 3.14. The summed E-state index contributed by atoms with van der Waals surface area (Å²) in [5, 5.41) is 8.55. The van der Waals surface area contributed by atoms with Gasteiger partial charge in [0.05, 0.1) is 12.0 Å². The number of hydrogen-bond acceptors (Lipinski definition) is 5. The summed E-state index contributed by atoms with van der Waals surface area (Å²) in [6.45, 7) is 2.68. The van der Waals surface area contributed by atoms with Crippen LogP contribution in [0, 0.1) is 0 Å². The van der Waals surface area contributed by atoms with Crippen LogP contribution in [0.3, 0.4) is 0 Å². The first-order valence-electron chi connectivity index (χ1n) is 8.63. The molecule has 0 amide bonds. The lowest BCUT2D eigenvalue weighted by Gasteiger charge is -2.27. The molecule has 1 aromatic carbocycles. The van der Waals surface area contributed by atoms with Crippen molar-refractivity contribution in [1.82, 2.24) is 19.1 Å². The normalized spacial score (nSPS) is 23.3. The Labute approximate surface area is 147 Å². The molecular weight excluding hydrogens is 340 g/mol. The lowest BCUT2D eigenvalue weighted by atomic mass is 10.1. The van der Waals surface area contributed by atoms with E-state index in [-0.39, 0.29) is 17.0 Å². The lowest BCUT2D eigenvalue weighted by molar-refractivity contribution is 0.313. The zero-order valence-electron chi connectivity index (χ0n) is 14.4. The number of fused-ring (bicyclic) bond motifs is 3. The molecule has 2 aliphatic heterocycles. The molecule has 2 unspecified atom stereocenters. The SMILES string of the molecule is CCc1nnc2n1CC1CCC(C2)N1S(=O)(=O)c1cccc(OC)c1. The van der Waals surface area contributed by atoms with Gasteiger partial charge in [0.1, 0.15) is 17.4 Å². The zero-order valence-corrected chi connectivity index (χ0v) is 15.2. The maximum atomic E-state index is 13.3. The second-order valence-corrected chi connectivity index (χ2v) is 8.44. The second kappa shape index (κ2) is 6.10. The van der Waals surface area contributed by atoms with Gasteiger partial charge in [-0.3, -0.25) is 0 Å². The number of aromatic nitrogens is 3. The van der Waals surface area contributed by atoms with Crippen LogP contribution in [0.2, 0.25) is 0 Å². The Kier molecular flexibility index (Phi) is 4.04. The van der Waals surface area contributed by atoms with Crippen LogP contribution in [0.25, 0.3) is 0 Å². The summed E-state index contributed by atoms with van der Waals surface area (Å²) in [5.74, 6) is 2.38. The molecule has 2 aromatic rings. The summed E-state index contributed by atoms with van der Waals surface area (Å²) in [4.78, 5) is 0.289. The van der Waals surface area contributed by atoms with E-state index in [4.69, 9.17) is 4.74 Å². The third-order valence-corrected chi connectivity index (χ3v) is 7.20. The molecular formula is C17H22N4O3S. The molecule has 1 saturated heterocycles. The zero-order chi connectivity index (χ0) is 17.6. The molecule has 0 radical (unpaired) electrons. The van der Waals surface area contributed by atoms with Crippen LogP contribution in [-0.4, -0.2) is 46.7 Å². The Balaban J connectivity index is 1.72. The van der Waals surface area contributed by atoms with Gasteiger partial charge in [-0.05, 0) is 25.0 Å². The van der Waals surface area contributed by atoms with E-state index < -0.39 is 10.0 Å². The fourth-order valence-electron chi connectivity index (χ4n) is 3.99. The van der Waals surface area contributed by atoms with Crippen molar-refractivity contribution in [2.45, 2.75) is 56.1 Å². The van der Waals surface area contributed by atoms with Gasteiger partial charge in [0.25, 0.3) is 0 Å². The number of benzene rings is 1. The van der Waals surface area contributed by atoms with E-state index >= 15 is 0 Å². The molecule has 2 bridgehead atoms. The molecule has 0 spiro atoms. The molecule has 7 nitrogen and oxygen atoms in total. The highest BCUT2D eigenvalue weighted by molar-refractivity contribution is 7.89. The third kappa shape index (κ3) is 2.64. The van der Waals surface area contributed by atoms with Gasteiger partial charge in [0.15, 0.2) is 0 Å². The minimum atomic E-state index is -3.58. The van der Waals surface area contributed by atoms with Gasteiger partial charge < -0.3 is 9.30 Å². The second-order valence-electron chi connectivity index (χ2n) is 6.60. The highest BCUT2D eigenvalue weighted by Gasteiger charge is 2.45. The Morgan fingerprint density at radius 3 is 2.80 bits per heavy atom. The van der Waals surface area contributed by atoms with Gasteiger partial charge in [-0.2, -0.15) is 4.31 Å². The van der Waals surface area contributed by atoms with E-state index in [1.165, 1.54) is 0 Å². The van der Waals surface area contributed by atoms with E-state index in [9.17, 15) is 8.42 Å². The van der Waals surface area contributed by atoms with Crippen LogP contribution in [0.1, 0.15) is 31.4 Å². The molecule has 0 N–H and O–H groups in total. The standard InChI is InChI=1S/C17H22N4O3S/c1-3-16-18-19-17-9-12-7-8-13(11-20(16)17)21(12)25(22,23)15-6-4-5-14(10-15)24-2/h4-6,10,12-13H,3,7-9,11H2,1-2H3. The highest BCUT2D eigenvalue weighted by Crippen LogP contribution is 2.36. The Hall–Kier alpha value is -1.93. The van der Waals surface area contributed by atoms with Gasteiger partial charge in [-0.1, -0.05) is 13.0 Å². The molecule has 1 aromatic heterocycles. The minimum Gasteiger partial charge on any atom is -0.497 e. The summed E-state index contributed by atoms with van der Waals surface area (Å²) < 4.78 is 35.7. The van der Waals surface area contributed by atoms with E-state index in [2.05, 4.69) is 14.8 Å². The molecule has 4 rings (SSSR count). The monoisotopic (exact) mass is 362 g/mol. The van der Waals surface area contributed by atoms with Crippen molar-refractivity contribution in [1.29, 1.82) is 0 Å². The van der Waals surface area contributed by atoms with E-state index in [0.29, 0.717) is 18.7 Å². The van der Waals surface area contributed by atoms with Crippen molar-refractivity contribution < 1.29 is 13.2 Å². The van der Waals surface area contributed by atoms with Gasteiger partial charge in [0.2, 0.25) is 10.0 Å². The molecule has 8 heteroatoms. The summed E-state index contributed by atoms with van der Waals surface area (Å²) in [5.41, 5.74) is 0. The summed E-state index contributed by atoms with van der Waals surface area (Å²) >= 11 is 0. The topological polar surface area (TPSA) is 77.3 Å². The molecule has 1 fully saturated rings. The van der Waals surface area contributed by atoms with Gasteiger partial charge in [0, 0.05) is 37.5 Å². The van der Waals surface area contributed by atoms with Gasteiger partial charge in [-0.25, -0.2) is 8.42 Å². The molecule has 3 heterocycles. The number of aryl methyl sites for hydroxylation is 1. The number of nitrogens with zero attached hydrogens (tertiary/aromatic N) is 4. The first-order valence-corrected chi connectivity index (χ1v) is 10.1.